The van der Waals surface area contributed by atoms with Crippen LogP contribution in [-0.4, -0.2) is 37.1 Å². The van der Waals surface area contributed by atoms with Crippen LogP contribution in [0.2, 0.25) is 0 Å². The number of benzene rings is 1. The van der Waals surface area contributed by atoms with Crippen molar-refractivity contribution in [2.24, 2.45) is 4.99 Å². The fraction of sp³-hybridized carbons (Fsp3) is 0.478. The summed E-state index contributed by atoms with van der Waals surface area (Å²) in [6, 6.07) is 12.7. The molecule has 1 saturated carbocycles. The molecule has 1 aromatic carbocycles. The van der Waals surface area contributed by atoms with E-state index in [1.807, 2.05) is 35.6 Å². The number of halogens is 1. The van der Waals surface area contributed by atoms with E-state index in [-0.39, 0.29) is 42.5 Å². The van der Waals surface area contributed by atoms with E-state index in [1.165, 1.54) is 9.75 Å². The SMILES string of the molecule is CCNC(=NCc1cccc(OCC(=O)NC2CC2)c1)NC(C)Cc1ccc(C)s1.I. The van der Waals surface area contributed by atoms with Gasteiger partial charge in [-0.1, -0.05) is 12.1 Å². The van der Waals surface area contributed by atoms with Gasteiger partial charge in [0.25, 0.3) is 5.91 Å². The molecule has 3 rings (SSSR count). The molecule has 1 aliphatic rings. The van der Waals surface area contributed by atoms with Gasteiger partial charge in [-0.25, -0.2) is 4.99 Å². The molecular formula is C23H33IN4O2S. The minimum Gasteiger partial charge on any atom is -0.484 e. The molecule has 1 atom stereocenters. The van der Waals surface area contributed by atoms with Gasteiger partial charge in [0.15, 0.2) is 12.6 Å². The monoisotopic (exact) mass is 556 g/mol. The maximum atomic E-state index is 11.8. The van der Waals surface area contributed by atoms with E-state index in [4.69, 9.17) is 9.73 Å². The lowest BCUT2D eigenvalue weighted by Gasteiger charge is -2.17. The number of ether oxygens (including phenoxy) is 1. The summed E-state index contributed by atoms with van der Waals surface area (Å²) in [6.45, 7) is 7.75. The van der Waals surface area contributed by atoms with Crippen LogP contribution in [0.5, 0.6) is 5.75 Å². The fourth-order valence-electron chi connectivity index (χ4n) is 3.05. The number of amides is 1. The quantitative estimate of drug-likeness (QED) is 0.235. The highest BCUT2D eigenvalue weighted by atomic mass is 127. The number of aliphatic imine (C=N–C) groups is 1. The first-order valence-electron chi connectivity index (χ1n) is 10.6. The number of nitrogens with zero attached hydrogens (tertiary/aromatic N) is 1. The Morgan fingerprint density at radius 1 is 1.29 bits per heavy atom. The van der Waals surface area contributed by atoms with Gasteiger partial charge in [0, 0.05) is 34.8 Å². The van der Waals surface area contributed by atoms with Crippen LogP contribution in [0.1, 0.15) is 42.0 Å². The molecule has 170 valence electrons. The van der Waals surface area contributed by atoms with E-state index < -0.39 is 0 Å². The van der Waals surface area contributed by atoms with Crippen molar-refractivity contribution in [3.05, 3.63) is 51.7 Å². The lowest BCUT2D eigenvalue weighted by atomic mass is 10.2. The average Bonchev–Trinajstić information content (AvgIpc) is 3.44. The molecular weight excluding hydrogens is 523 g/mol. The number of carbonyl (C=O) groups excluding carboxylic acids is 1. The number of aryl methyl sites for hydroxylation is 1. The first-order valence-corrected chi connectivity index (χ1v) is 11.4. The van der Waals surface area contributed by atoms with Crippen LogP contribution in [-0.2, 0) is 17.8 Å². The molecule has 0 radical (unpaired) electrons. The smallest absolute Gasteiger partial charge is 0.258 e. The Morgan fingerprint density at radius 2 is 2.10 bits per heavy atom. The largest absolute Gasteiger partial charge is 0.484 e. The van der Waals surface area contributed by atoms with Gasteiger partial charge in [-0.3, -0.25) is 4.79 Å². The first-order chi connectivity index (χ1) is 14.5. The molecule has 1 fully saturated rings. The molecule has 0 spiro atoms. The van der Waals surface area contributed by atoms with Gasteiger partial charge in [0.2, 0.25) is 0 Å². The Morgan fingerprint density at radius 3 is 2.77 bits per heavy atom. The standard InChI is InChI=1S/C23H32N4O2S.HI/c1-4-24-23(26-16(2)12-21-11-8-17(3)30-21)25-14-18-6-5-7-20(13-18)29-15-22(28)27-19-9-10-19;/h5-8,11,13,16,19H,4,9-10,12,14-15H2,1-3H3,(H,27,28)(H2,24,25,26);1H. The van der Waals surface area contributed by atoms with Crippen LogP contribution in [0.3, 0.4) is 0 Å². The van der Waals surface area contributed by atoms with Crippen molar-refractivity contribution in [3.63, 3.8) is 0 Å². The molecule has 1 heterocycles. The van der Waals surface area contributed by atoms with Crippen molar-refractivity contribution in [1.29, 1.82) is 0 Å². The molecule has 1 aliphatic carbocycles. The number of thiophene rings is 1. The zero-order valence-electron chi connectivity index (χ0n) is 18.4. The van der Waals surface area contributed by atoms with Gasteiger partial charge in [0.05, 0.1) is 6.54 Å². The lowest BCUT2D eigenvalue weighted by Crippen LogP contribution is -2.43. The highest BCUT2D eigenvalue weighted by molar-refractivity contribution is 14.0. The third-order valence-electron chi connectivity index (χ3n) is 4.66. The minimum atomic E-state index is -0.0607. The van der Waals surface area contributed by atoms with Crippen LogP contribution in [0.4, 0.5) is 0 Å². The number of guanidine groups is 1. The summed E-state index contributed by atoms with van der Waals surface area (Å²) in [4.78, 5) is 19.2. The second-order valence-corrected chi connectivity index (χ2v) is 9.11. The zero-order valence-corrected chi connectivity index (χ0v) is 21.6. The summed E-state index contributed by atoms with van der Waals surface area (Å²) >= 11 is 1.84. The molecule has 31 heavy (non-hydrogen) atoms. The Hall–Kier alpha value is -1.81. The Kier molecular flexibility index (Phi) is 10.6. The van der Waals surface area contributed by atoms with Crippen LogP contribution in [0, 0.1) is 6.92 Å². The molecule has 0 saturated heterocycles. The summed E-state index contributed by atoms with van der Waals surface area (Å²) in [5.74, 6) is 1.43. The summed E-state index contributed by atoms with van der Waals surface area (Å²) in [7, 11) is 0. The Balaban J connectivity index is 0.00000341. The van der Waals surface area contributed by atoms with Gasteiger partial charge < -0.3 is 20.7 Å². The van der Waals surface area contributed by atoms with Crippen LogP contribution in [0.25, 0.3) is 0 Å². The minimum absolute atomic E-state index is 0. The third-order valence-corrected chi connectivity index (χ3v) is 5.68. The van der Waals surface area contributed by atoms with Crippen LogP contribution in [0.15, 0.2) is 41.4 Å². The van der Waals surface area contributed by atoms with Crippen molar-refractivity contribution in [3.8, 4) is 5.75 Å². The second kappa shape index (κ2) is 12.9. The number of hydrogen-bond acceptors (Lipinski definition) is 4. The summed E-state index contributed by atoms with van der Waals surface area (Å²) in [5.41, 5.74) is 1.04. The van der Waals surface area contributed by atoms with E-state index >= 15 is 0 Å². The van der Waals surface area contributed by atoms with Gasteiger partial charge in [-0.05, 0) is 63.4 Å². The maximum absolute atomic E-state index is 11.8. The van der Waals surface area contributed by atoms with Crippen molar-refractivity contribution in [2.45, 2.75) is 58.7 Å². The van der Waals surface area contributed by atoms with Crippen LogP contribution < -0.4 is 20.7 Å². The van der Waals surface area contributed by atoms with Crippen molar-refractivity contribution in [2.75, 3.05) is 13.2 Å². The summed E-state index contributed by atoms with van der Waals surface area (Å²) < 4.78 is 5.63. The van der Waals surface area contributed by atoms with Gasteiger partial charge in [-0.2, -0.15) is 0 Å². The van der Waals surface area contributed by atoms with Crippen molar-refractivity contribution >= 4 is 47.2 Å². The number of rotatable bonds is 10. The molecule has 0 aliphatic heterocycles. The van der Waals surface area contributed by atoms with E-state index in [1.54, 1.807) is 0 Å². The van der Waals surface area contributed by atoms with E-state index in [0.29, 0.717) is 18.3 Å². The van der Waals surface area contributed by atoms with Gasteiger partial charge in [0.1, 0.15) is 5.75 Å². The zero-order chi connectivity index (χ0) is 21.3. The number of hydrogen-bond donors (Lipinski definition) is 3. The van der Waals surface area contributed by atoms with E-state index in [0.717, 1.165) is 37.3 Å². The van der Waals surface area contributed by atoms with Crippen LogP contribution >= 0.6 is 35.3 Å². The normalized spacial score (nSPS) is 14.4. The topological polar surface area (TPSA) is 74.8 Å². The summed E-state index contributed by atoms with van der Waals surface area (Å²) in [5, 5.41) is 9.73. The average molecular weight is 557 g/mol. The third kappa shape index (κ3) is 9.47. The molecule has 2 aromatic rings. The molecule has 8 heteroatoms. The Labute approximate surface area is 206 Å². The Bertz CT molecular complexity index is 867. The lowest BCUT2D eigenvalue weighted by molar-refractivity contribution is -0.123. The van der Waals surface area contributed by atoms with E-state index in [9.17, 15) is 4.79 Å². The predicted molar refractivity (Wildman–Crippen MR) is 139 cm³/mol. The number of carbonyl (C=O) groups is 1. The number of nitrogens with one attached hydrogen (secondary N) is 3. The molecule has 0 bridgehead atoms. The molecule has 6 nitrogen and oxygen atoms in total. The molecule has 1 amide bonds. The highest BCUT2D eigenvalue weighted by Gasteiger charge is 2.23. The molecule has 1 aromatic heterocycles. The van der Waals surface area contributed by atoms with E-state index in [2.05, 4.69) is 48.9 Å². The molecule has 3 N–H and O–H groups in total. The predicted octanol–water partition coefficient (Wildman–Crippen LogP) is 4.02. The maximum Gasteiger partial charge on any atom is 0.258 e. The van der Waals surface area contributed by atoms with Gasteiger partial charge in [-0.15, -0.1) is 35.3 Å². The second-order valence-electron chi connectivity index (χ2n) is 7.73. The van der Waals surface area contributed by atoms with Crippen molar-refractivity contribution < 1.29 is 9.53 Å². The highest BCUT2D eigenvalue weighted by Crippen LogP contribution is 2.19. The van der Waals surface area contributed by atoms with Crippen molar-refractivity contribution in [1.82, 2.24) is 16.0 Å². The molecule has 1 unspecified atom stereocenters. The van der Waals surface area contributed by atoms with Gasteiger partial charge >= 0.3 is 0 Å². The summed E-state index contributed by atoms with van der Waals surface area (Å²) in [6.07, 6.45) is 3.12. The fourth-order valence-corrected chi connectivity index (χ4v) is 4.07. The first kappa shape index (κ1) is 25.5.